The maximum absolute atomic E-state index is 12.9. The van der Waals surface area contributed by atoms with Gasteiger partial charge in [0.2, 0.25) is 10.0 Å². The summed E-state index contributed by atoms with van der Waals surface area (Å²) in [5, 5.41) is 4.33. The van der Waals surface area contributed by atoms with Crippen LogP contribution in [-0.4, -0.2) is 37.5 Å². The number of rotatable bonds is 6. The van der Waals surface area contributed by atoms with Crippen LogP contribution in [-0.2, 0) is 10.0 Å². The van der Waals surface area contributed by atoms with E-state index in [2.05, 4.69) is 5.32 Å². The highest BCUT2D eigenvalue weighted by atomic mass is 32.2. The summed E-state index contributed by atoms with van der Waals surface area (Å²) in [6.07, 6.45) is 1.65. The molecule has 0 atom stereocenters. The Morgan fingerprint density at radius 3 is 2.33 bits per heavy atom. The molecule has 0 radical (unpaired) electrons. The lowest BCUT2D eigenvalue weighted by atomic mass is 10.0. The van der Waals surface area contributed by atoms with E-state index in [0.29, 0.717) is 29.9 Å². The number of benzene rings is 2. The molecule has 1 amide bonds. The smallest absolute Gasteiger partial charge is 0.267 e. The Labute approximate surface area is 179 Å². The Morgan fingerprint density at radius 1 is 0.900 bits per heavy atom. The first-order valence-corrected chi connectivity index (χ1v) is 11.9. The van der Waals surface area contributed by atoms with Crippen LogP contribution in [0.1, 0.15) is 38.4 Å². The van der Waals surface area contributed by atoms with Crippen molar-refractivity contribution in [3.8, 4) is 0 Å². The molecule has 1 fully saturated rings. The van der Waals surface area contributed by atoms with Gasteiger partial charge in [-0.15, -0.1) is 11.3 Å². The van der Waals surface area contributed by atoms with Gasteiger partial charge in [0.15, 0.2) is 5.78 Å². The highest BCUT2D eigenvalue weighted by Gasteiger charge is 2.31. The number of carbonyl (C=O) groups excluding carboxylic acids is 2. The average Bonchev–Trinajstić information content (AvgIpc) is 3.47. The van der Waals surface area contributed by atoms with Crippen molar-refractivity contribution in [1.82, 2.24) is 4.31 Å². The molecular formula is C22H20N2O4S2. The third kappa shape index (κ3) is 4.07. The lowest BCUT2D eigenvalue weighted by molar-refractivity contribution is 0.102. The first-order valence-electron chi connectivity index (χ1n) is 9.55. The molecule has 2 heterocycles. The van der Waals surface area contributed by atoms with E-state index < -0.39 is 15.9 Å². The predicted molar refractivity (Wildman–Crippen MR) is 117 cm³/mol. The quantitative estimate of drug-likeness (QED) is 0.587. The maximum atomic E-state index is 12.9. The van der Waals surface area contributed by atoms with Gasteiger partial charge in [0, 0.05) is 29.9 Å². The SMILES string of the molecule is O=C(c1ccccc1)c1cccc(NC(=O)c2sccc2S(=O)(=O)N2CCCC2)c1. The predicted octanol–water partition coefficient (Wildman–Crippen LogP) is 4.02. The van der Waals surface area contributed by atoms with Crippen molar-refractivity contribution in [3.63, 3.8) is 0 Å². The van der Waals surface area contributed by atoms with Crippen LogP contribution in [0.25, 0.3) is 0 Å². The fourth-order valence-corrected chi connectivity index (χ4v) is 6.23. The zero-order valence-corrected chi connectivity index (χ0v) is 17.7. The Bertz CT molecular complexity index is 1180. The second-order valence-electron chi connectivity index (χ2n) is 6.96. The van der Waals surface area contributed by atoms with Gasteiger partial charge in [-0.1, -0.05) is 42.5 Å². The Hall–Kier alpha value is -2.81. The number of nitrogens with zero attached hydrogens (tertiary/aromatic N) is 1. The minimum absolute atomic E-state index is 0.0309. The van der Waals surface area contributed by atoms with Gasteiger partial charge in [0.05, 0.1) is 0 Å². The van der Waals surface area contributed by atoms with Crippen LogP contribution in [0.4, 0.5) is 5.69 Å². The second kappa shape index (κ2) is 8.51. The third-order valence-corrected chi connectivity index (χ3v) is 7.92. The normalized spacial score (nSPS) is 14.5. The van der Waals surface area contributed by atoms with E-state index in [1.165, 1.54) is 10.4 Å². The zero-order chi connectivity index (χ0) is 21.1. The van der Waals surface area contributed by atoms with Crippen molar-refractivity contribution < 1.29 is 18.0 Å². The van der Waals surface area contributed by atoms with Crippen LogP contribution in [0.3, 0.4) is 0 Å². The Morgan fingerprint density at radius 2 is 1.60 bits per heavy atom. The van der Waals surface area contributed by atoms with Crippen molar-refractivity contribution in [2.24, 2.45) is 0 Å². The number of hydrogen-bond acceptors (Lipinski definition) is 5. The highest BCUT2D eigenvalue weighted by Crippen LogP contribution is 2.28. The van der Waals surface area contributed by atoms with Gasteiger partial charge in [-0.2, -0.15) is 4.31 Å². The fourth-order valence-electron chi connectivity index (χ4n) is 3.42. The molecule has 0 aliphatic carbocycles. The van der Waals surface area contributed by atoms with Crippen LogP contribution < -0.4 is 5.32 Å². The maximum Gasteiger partial charge on any atom is 0.267 e. The summed E-state index contributed by atoms with van der Waals surface area (Å²) < 4.78 is 27.2. The van der Waals surface area contributed by atoms with E-state index in [-0.39, 0.29) is 15.6 Å². The summed E-state index contributed by atoms with van der Waals surface area (Å²) in [7, 11) is -3.69. The van der Waals surface area contributed by atoms with E-state index in [1.54, 1.807) is 53.9 Å². The van der Waals surface area contributed by atoms with Crippen molar-refractivity contribution in [2.45, 2.75) is 17.7 Å². The fraction of sp³-hybridized carbons (Fsp3) is 0.182. The van der Waals surface area contributed by atoms with Crippen LogP contribution in [0.5, 0.6) is 0 Å². The molecule has 1 saturated heterocycles. The molecule has 0 bridgehead atoms. The summed E-state index contributed by atoms with van der Waals surface area (Å²) in [4.78, 5) is 25.7. The largest absolute Gasteiger partial charge is 0.321 e. The van der Waals surface area contributed by atoms with Crippen molar-refractivity contribution in [2.75, 3.05) is 18.4 Å². The third-order valence-electron chi connectivity index (χ3n) is 4.94. The second-order valence-corrected chi connectivity index (χ2v) is 9.78. The van der Waals surface area contributed by atoms with Gasteiger partial charge in [-0.05, 0) is 36.4 Å². The summed E-state index contributed by atoms with van der Waals surface area (Å²) in [5.41, 5.74) is 1.42. The molecule has 1 N–H and O–H groups in total. The molecule has 8 heteroatoms. The van der Waals surface area contributed by atoms with Crippen LogP contribution >= 0.6 is 11.3 Å². The number of nitrogens with one attached hydrogen (secondary N) is 1. The summed E-state index contributed by atoms with van der Waals surface area (Å²) in [6.45, 7) is 0.950. The standard InChI is InChI=1S/C22H20N2O4S2/c25-20(16-7-2-1-3-8-16)17-9-6-10-18(15-17)23-22(26)21-19(11-14-29-21)30(27,28)24-12-4-5-13-24/h1-3,6-11,14-15H,4-5,12-13H2,(H,23,26). The number of sulfonamides is 1. The van der Waals surface area contributed by atoms with E-state index in [9.17, 15) is 18.0 Å². The molecule has 2 aromatic carbocycles. The number of thiophene rings is 1. The van der Waals surface area contributed by atoms with E-state index >= 15 is 0 Å². The molecule has 0 spiro atoms. The lowest BCUT2D eigenvalue weighted by Gasteiger charge is -2.15. The van der Waals surface area contributed by atoms with Gasteiger partial charge in [0.1, 0.15) is 9.77 Å². The van der Waals surface area contributed by atoms with E-state index in [1.807, 2.05) is 6.07 Å². The van der Waals surface area contributed by atoms with Gasteiger partial charge >= 0.3 is 0 Å². The van der Waals surface area contributed by atoms with Crippen molar-refractivity contribution >= 4 is 38.7 Å². The molecule has 0 saturated carbocycles. The molecule has 154 valence electrons. The summed E-state index contributed by atoms with van der Waals surface area (Å²) in [5.74, 6) is -0.660. The number of amides is 1. The topological polar surface area (TPSA) is 83.5 Å². The highest BCUT2D eigenvalue weighted by molar-refractivity contribution is 7.89. The Balaban J connectivity index is 1.56. The molecule has 6 nitrogen and oxygen atoms in total. The zero-order valence-electron chi connectivity index (χ0n) is 16.1. The minimum atomic E-state index is -3.69. The molecule has 30 heavy (non-hydrogen) atoms. The minimum Gasteiger partial charge on any atom is -0.321 e. The molecule has 0 unspecified atom stereocenters. The van der Waals surface area contributed by atoms with Gasteiger partial charge in [0.25, 0.3) is 5.91 Å². The van der Waals surface area contributed by atoms with Gasteiger partial charge in [-0.3, -0.25) is 9.59 Å². The molecule has 4 rings (SSSR count). The number of hydrogen-bond donors (Lipinski definition) is 1. The number of anilines is 1. The van der Waals surface area contributed by atoms with Gasteiger partial charge in [-0.25, -0.2) is 8.42 Å². The van der Waals surface area contributed by atoms with E-state index in [0.717, 1.165) is 24.2 Å². The number of carbonyl (C=O) groups is 2. The average molecular weight is 441 g/mol. The van der Waals surface area contributed by atoms with E-state index in [4.69, 9.17) is 0 Å². The van der Waals surface area contributed by atoms with Crippen molar-refractivity contribution in [1.29, 1.82) is 0 Å². The van der Waals surface area contributed by atoms with Crippen LogP contribution in [0.2, 0.25) is 0 Å². The first kappa shape index (κ1) is 20.5. The molecule has 1 aliphatic rings. The summed E-state index contributed by atoms with van der Waals surface area (Å²) >= 11 is 1.09. The first-order chi connectivity index (χ1) is 14.5. The van der Waals surface area contributed by atoms with Crippen LogP contribution in [0.15, 0.2) is 70.9 Å². The van der Waals surface area contributed by atoms with Crippen molar-refractivity contribution in [3.05, 3.63) is 82.0 Å². The lowest BCUT2D eigenvalue weighted by Crippen LogP contribution is -2.29. The molecule has 3 aromatic rings. The van der Waals surface area contributed by atoms with Crippen LogP contribution in [0, 0.1) is 0 Å². The molecule has 1 aromatic heterocycles. The Kier molecular flexibility index (Phi) is 5.80. The summed E-state index contributed by atoms with van der Waals surface area (Å²) in [6, 6.07) is 17.0. The monoisotopic (exact) mass is 440 g/mol. The molecular weight excluding hydrogens is 420 g/mol. The molecule has 1 aliphatic heterocycles. The van der Waals surface area contributed by atoms with Gasteiger partial charge < -0.3 is 5.32 Å². The number of ketones is 1.